The van der Waals surface area contributed by atoms with Crippen molar-refractivity contribution in [1.29, 1.82) is 10.5 Å². The van der Waals surface area contributed by atoms with Gasteiger partial charge in [-0.05, 0) is 82.2 Å². The Morgan fingerprint density at radius 1 is 0.271 bits per heavy atom. The molecule has 0 aliphatic rings. The molecule has 0 spiro atoms. The van der Waals surface area contributed by atoms with Crippen molar-refractivity contribution in [3.05, 3.63) is 230 Å². The highest BCUT2D eigenvalue weighted by molar-refractivity contribution is 6.30. The molecule has 15 rings (SSSR count). The molecule has 0 atom stereocenters. The monoisotopic (exact) mass is 888 g/mol. The first-order chi connectivity index (χ1) is 34.7. The summed E-state index contributed by atoms with van der Waals surface area (Å²) in [5, 5.41) is 36.6. The maximum atomic E-state index is 11.5. The van der Waals surface area contributed by atoms with Crippen molar-refractivity contribution in [3.8, 4) is 34.9 Å². The van der Waals surface area contributed by atoms with Gasteiger partial charge >= 0.3 is 0 Å². The van der Waals surface area contributed by atoms with Gasteiger partial charge in [-0.2, -0.15) is 10.5 Å². The van der Waals surface area contributed by atoms with Crippen molar-refractivity contribution in [2.75, 3.05) is 0 Å². The molecule has 0 N–H and O–H groups in total. The molecule has 15 aromatic rings. The Balaban J connectivity index is 1.10. The van der Waals surface area contributed by atoms with Crippen molar-refractivity contribution in [3.63, 3.8) is 0 Å². The lowest BCUT2D eigenvalue weighted by Crippen LogP contribution is -2.05. The summed E-state index contributed by atoms with van der Waals surface area (Å²) < 4.78 is 9.22. The van der Waals surface area contributed by atoms with E-state index in [-0.39, 0.29) is 0 Å². The standard InChI is InChI=1S/C64H36N6/c65-37-41-36-58(70-54-26-14-12-24-48(54)50-30-32-52-60-46-22-10-8-16-40(46)28-34-56(60)68(64(52)62(50)70)44-19-5-2-6-20-44)42(38-66)35-57(41)69-53-25-13-11-23-47(53)49-29-31-51-59-45-21-9-7-15-39(45)27-33-55(59)67(63(51)61(49)69)43-17-3-1-4-18-43/h1-36H. The predicted molar refractivity (Wildman–Crippen MR) is 288 cm³/mol. The van der Waals surface area contributed by atoms with Gasteiger partial charge in [0.25, 0.3) is 0 Å². The Labute approximate surface area is 400 Å². The maximum absolute atomic E-state index is 11.5. The minimum Gasteiger partial charge on any atom is -0.307 e. The Bertz CT molecular complexity index is 4530. The van der Waals surface area contributed by atoms with Gasteiger partial charge in [-0.1, -0.05) is 158 Å². The smallest absolute Gasteiger partial charge is 0.101 e. The third kappa shape index (κ3) is 5.03. The van der Waals surface area contributed by atoms with Crippen LogP contribution in [0.2, 0.25) is 0 Å². The fraction of sp³-hybridized carbons (Fsp3) is 0. The zero-order valence-corrected chi connectivity index (χ0v) is 37.5. The first kappa shape index (κ1) is 38.2. The third-order valence-electron chi connectivity index (χ3n) is 14.8. The number of hydrogen-bond acceptors (Lipinski definition) is 2. The molecular weight excluding hydrogens is 853 g/mol. The second kappa shape index (κ2) is 14.3. The van der Waals surface area contributed by atoms with Gasteiger partial charge in [-0.3, -0.25) is 0 Å². The Morgan fingerprint density at radius 3 is 1.06 bits per heavy atom. The summed E-state index contributed by atoms with van der Waals surface area (Å²) in [4.78, 5) is 0. The molecule has 322 valence electrons. The lowest BCUT2D eigenvalue weighted by atomic mass is 10.0. The average molecular weight is 889 g/mol. The fourth-order valence-corrected chi connectivity index (χ4v) is 12.0. The lowest BCUT2D eigenvalue weighted by Gasteiger charge is -2.17. The number of aromatic nitrogens is 4. The predicted octanol–water partition coefficient (Wildman–Crippen LogP) is 16.1. The van der Waals surface area contributed by atoms with Crippen LogP contribution in [0.3, 0.4) is 0 Å². The average Bonchev–Trinajstić information content (AvgIpc) is 4.16. The largest absolute Gasteiger partial charge is 0.307 e. The highest BCUT2D eigenvalue weighted by Crippen LogP contribution is 2.47. The summed E-state index contributed by atoms with van der Waals surface area (Å²) in [7, 11) is 0. The van der Waals surface area contributed by atoms with Gasteiger partial charge in [0.15, 0.2) is 0 Å². The van der Waals surface area contributed by atoms with Gasteiger partial charge in [0.2, 0.25) is 0 Å². The van der Waals surface area contributed by atoms with Gasteiger partial charge < -0.3 is 18.3 Å². The quantitative estimate of drug-likeness (QED) is 0.177. The van der Waals surface area contributed by atoms with Crippen molar-refractivity contribution in [1.82, 2.24) is 18.3 Å². The van der Waals surface area contributed by atoms with Crippen LogP contribution < -0.4 is 0 Å². The number of hydrogen-bond donors (Lipinski definition) is 0. The van der Waals surface area contributed by atoms with Gasteiger partial charge in [0.1, 0.15) is 12.1 Å². The van der Waals surface area contributed by atoms with E-state index in [1.165, 1.54) is 32.3 Å². The summed E-state index contributed by atoms with van der Waals surface area (Å²) in [6.45, 7) is 0. The van der Waals surface area contributed by atoms with Crippen molar-refractivity contribution in [2.45, 2.75) is 0 Å². The van der Waals surface area contributed by atoms with Gasteiger partial charge in [-0.15, -0.1) is 0 Å². The van der Waals surface area contributed by atoms with Crippen LogP contribution in [0.1, 0.15) is 11.1 Å². The summed E-state index contributed by atoms with van der Waals surface area (Å²) in [5.74, 6) is 0. The molecule has 0 saturated carbocycles. The van der Waals surface area contributed by atoms with Crippen molar-refractivity contribution < 1.29 is 0 Å². The zero-order valence-electron chi connectivity index (χ0n) is 37.5. The van der Waals surface area contributed by atoms with E-state index >= 15 is 0 Å². The summed E-state index contributed by atoms with van der Waals surface area (Å²) in [6.07, 6.45) is 0. The minimum atomic E-state index is 0.453. The molecule has 0 unspecified atom stereocenters. The van der Waals surface area contributed by atoms with E-state index in [0.717, 1.165) is 87.8 Å². The molecule has 0 amide bonds. The maximum Gasteiger partial charge on any atom is 0.101 e. The van der Waals surface area contributed by atoms with Crippen molar-refractivity contribution in [2.24, 2.45) is 0 Å². The fourth-order valence-electron chi connectivity index (χ4n) is 12.0. The van der Waals surface area contributed by atoms with E-state index in [0.29, 0.717) is 22.5 Å². The van der Waals surface area contributed by atoms with Gasteiger partial charge in [0, 0.05) is 54.5 Å². The van der Waals surface area contributed by atoms with Gasteiger partial charge in [0.05, 0.1) is 66.6 Å². The van der Waals surface area contributed by atoms with Gasteiger partial charge in [-0.25, -0.2) is 0 Å². The molecule has 0 radical (unpaired) electrons. The summed E-state index contributed by atoms with van der Waals surface area (Å²) >= 11 is 0. The first-order valence-electron chi connectivity index (χ1n) is 23.6. The molecule has 4 aromatic heterocycles. The molecule has 4 heterocycles. The normalized spacial score (nSPS) is 12.0. The molecule has 11 aromatic carbocycles. The van der Waals surface area contributed by atoms with E-state index in [9.17, 15) is 10.5 Å². The molecule has 70 heavy (non-hydrogen) atoms. The van der Waals surface area contributed by atoms with Crippen LogP contribution in [0, 0.1) is 22.7 Å². The molecule has 6 nitrogen and oxygen atoms in total. The Kier molecular flexibility index (Phi) is 7.82. The number of benzene rings is 11. The number of nitrogens with zero attached hydrogens (tertiary/aromatic N) is 6. The third-order valence-corrected chi connectivity index (χ3v) is 14.8. The Morgan fingerprint density at radius 2 is 0.629 bits per heavy atom. The second-order valence-electron chi connectivity index (χ2n) is 18.2. The number of rotatable bonds is 4. The molecule has 0 fully saturated rings. The van der Waals surface area contributed by atoms with Crippen LogP contribution in [0.25, 0.3) is 132 Å². The van der Waals surface area contributed by atoms with E-state index in [1.807, 2.05) is 12.1 Å². The van der Waals surface area contributed by atoms with Crippen LogP contribution >= 0.6 is 0 Å². The number of para-hydroxylation sites is 4. The minimum absolute atomic E-state index is 0.453. The summed E-state index contributed by atoms with van der Waals surface area (Å²) in [6, 6.07) is 82.2. The van der Waals surface area contributed by atoms with Crippen LogP contribution in [-0.2, 0) is 0 Å². The molecule has 0 aliphatic heterocycles. The van der Waals surface area contributed by atoms with Crippen LogP contribution in [0.4, 0.5) is 0 Å². The van der Waals surface area contributed by atoms with E-state index in [4.69, 9.17) is 0 Å². The SMILES string of the molecule is N#Cc1cc(-n2c3ccccc3c3ccc4c5c6ccccc6ccc5n(-c5ccccc5)c4c32)c(C#N)cc1-n1c2ccccc2c2ccc3c4c5ccccc5ccc4n(-c4ccccc4)c3c21. The molecule has 0 bridgehead atoms. The highest BCUT2D eigenvalue weighted by atomic mass is 15.1. The number of fused-ring (bicyclic) bond motifs is 18. The zero-order chi connectivity index (χ0) is 46.2. The van der Waals surface area contributed by atoms with Crippen LogP contribution in [-0.4, -0.2) is 18.3 Å². The molecule has 0 saturated heterocycles. The lowest BCUT2D eigenvalue weighted by molar-refractivity contribution is 1.11. The highest BCUT2D eigenvalue weighted by Gasteiger charge is 2.27. The molecular formula is C64H36N6. The second-order valence-corrected chi connectivity index (χ2v) is 18.2. The van der Waals surface area contributed by atoms with Crippen LogP contribution in [0.5, 0.6) is 0 Å². The van der Waals surface area contributed by atoms with E-state index < -0.39 is 0 Å². The van der Waals surface area contributed by atoms with E-state index in [2.05, 4.69) is 237 Å². The van der Waals surface area contributed by atoms with E-state index in [1.54, 1.807) is 0 Å². The molecule has 6 heteroatoms. The Hall–Kier alpha value is -9.88. The van der Waals surface area contributed by atoms with Crippen molar-refractivity contribution >= 4 is 109 Å². The number of nitriles is 2. The molecule has 0 aliphatic carbocycles. The topological polar surface area (TPSA) is 67.3 Å². The first-order valence-corrected chi connectivity index (χ1v) is 23.6. The van der Waals surface area contributed by atoms with Crippen LogP contribution in [0.15, 0.2) is 218 Å². The summed E-state index contributed by atoms with van der Waals surface area (Å²) in [5.41, 5.74) is 12.4.